The van der Waals surface area contributed by atoms with Crippen LogP contribution in [0.15, 0.2) is 48.8 Å². The Labute approximate surface area is 153 Å². The number of hydrogen-bond acceptors (Lipinski definition) is 5. The van der Waals surface area contributed by atoms with E-state index in [9.17, 15) is 4.79 Å². The van der Waals surface area contributed by atoms with Gasteiger partial charge in [-0.25, -0.2) is 4.98 Å². The largest absolute Gasteiger partial charge is 0.337 e. The molecule has 25 heavy (non-hydrogen) atoms. The number of aromatic nitrogens is 3. The molecule has 0 aliphatic carbocycles. The number of hydrogen-bond donors (Lipinski definition) is 0. The Kier molecular flexibility index (Phi) is 4.10. The Morgan fingerprint density at radius 1 is 1.20 bits per heavy atom. The predicted octanol–water partition coefficient (Wildman–Crippen LogP) is 4.03. The molecule has 0 radical (unpaired) electrons. The predicted molar refractivity (Wildman–Crippen MR) is 102 cm³/mol. The van der Waals surface area contributed by atoms with E-state index in [1.54, 1.807) is 27.1 Å². The van der Waals surface area contributed by atoms with E-state index in [0.29, 0.717) is 6.54 Å². The monoisotopic (exact) mass is 368 g/mol. The number of benzene rings is 1. The van der Waals surface area contributed by atoms with Crippen molar-refractivity contribution in [2.45, 2.75) is 6.54 Å². The molecule has 0 spiro atoms. The van der Waals surface area contributed by atoms with E-state index in [2.05, 4.69) is 16.1 Å². The van der Waals surface area contributed by atoms with Crippen LogP contribution in [0.3, 0.4) is 0 Å². The maximum Gasteiger partial charge on any atom is 0.263 e. The summed E-state index contributed by atoms with van der Waals surface area (Å²) in [5.41, 5.74) is 2.01. The van der Waals surface area contributed by atoms with Crippen LogP contribution in [0.1, 0.15) is 15.2 Å². The minimum Gasteiger partial charge on any atom is -0.337 e. The Bertz CT molecular complexity index is 1010. The third kappa shape index (κ3) is 3.20. The highest BCUT2D eigenvalue weighted by Gasteiger charge is 2.17. The summed E-state index contributed by atoms with van der Waals surface area (Å²) in [5.74, 6) is 0.0150. The zero-order valence-electron chi connectivity index (χ0n) is 13.8. The van der Waals surface area contributed by atoms with Gasteiger partial charge in [0, 0.05) is 32.4 Å². The summed E-state index contributed by atoms with van der Waals surface area (Å²) in [6.45, 7) is 0.543. The highest BCUT2D eigenvalue weighted by Crippen LogP contribution is 2.34. The number of fused-ring (bicyclic) bond motifs is 1. The first-order chi connectivity index (χ1) is 12.1. The van der Waals surface area contributed by atoms with E-state index >= 15 is 0 Å². The lowest BCUT2D eigenvalue weighted by atomic mass is 10.3. The van der Waals surface area contributed by atoms with Crippen LogP contribution in [-0.4, -0.2) is 32.6 Å². The van der Waals surface area contributed by atoms with E-state index in [0.717, 1.165) is 30.5 Å². The molecule has 0 bridgehead atoms. The van der Waals surface area contributed by atoms with Crippen LogP contribution < -0.4 is 0 Å². The average Bonchev–Trinajstić information content (AvgIpc) is 3.32. The van der Waals surface area contributed by atoms with Crippen LogP contribution in [0.25, 0.3) is 20.1 Å². The van der Waals surface area contributed by atoms with Crippen molar-refractivity contribution in [1.29, 1.82) is 0 Å². The summed E-state index contributed by atoms with van der Waals surface area (Å²) < 4.78 is 2.90. The minimum absolute atomic E-state index is 0.0150. The van der Waals surface area contributed by atoms with Crippen molar-refractivity contribution >= 4 is 38.8 Å². The average molecular weight is 368 g/mol. The molecule has 0 saturated carbocycles. The summed E-state index contributed by atoms with van der Waals surface area (Å²) in [6.07, 6.45) is 3.70. The van der Waals surface area contributed by atoms with E-state index in [-0.39, 0.29) is 5.91 Å². The van der Waals surface area contributed by atoms with Crippen LogP contribution in [0, 0.1) is 0 Å². The van der Waals surface area contributed by atoms with Crippen LogP contribution in [-0.2, 0) is 13.6 Å². The van der Waals surface area contributed by atoms with Crippen molar-refractivity contribution in [2.24, 2.45) is 7.05 Å². The van der Waals surface area contributed by atoms with Gasteiger partial charge in [0.2, 0.25) is 0 Å². The normalized spacial score (nSPS) is 11.1. The van der Waals surface area contributed by atoms with Crippen LogP contribution in [0.5, 0.6) is 0 Å². The number of nitrogens with zero attached hydrogens (tertiary/aromatic N) is 4. The fraction of sp³-hybridized carbons (Fsp3) is 0.167. The van der Waals surface area contributed by atoms with Crippen molar-refractivity contribution < 1.29 is 4.79 Å². The van der Waals surface area contributed by atoms with Gasteiger partial charge in [0.1, 0.15) is 5.01 Å². The third-order valence-corrected chi connectivity index (χ3v) is 6.13. The summed E-state index contributed by atoms with van der Waals surface area (Å²) >= 11 is 3.14. The van der Waals surface area contributed by atoms with Crippen molar-refractivity contribution in [1.82, 2.24) is 19.7 Å². The fourth-order valence-electron chi connectivity index (χ4n) is 2.63. The lowest BCUT2D eigenvalue weighted by Crippen LogP contribution is -2.25. The maximum atomic E-state index is 12.7. The molecular formula is C18H16N4OS2. The lowest BCUT2D eigenvalue weighted by Gasteiger charge is -2.14. The first-order valence-electron chi connectivity index (χ1n) is 7.79. The molecule has 7 heteroatoms. The van der Waals surface area contributed by atoms with Gasteiger partial charge in [-0.2, -0.15) is 5.10 Å². The summed E-state index contributed by atoms with van der Waals surface area (Å²) in [4.78, 5) is 20.8. The van der Waals surface area contributed by atoms with Crippen LogP contribution in [0.4, 0.5) is 0 Å². The smallest absolute Gasteiger partial charge is 0.263 e. The van der Waals surface area contributed by atoms with Gasteiger partial charge < -0.3 is 4.90 Å². The molecule has 4 aromatic rings. The molecule has 0 N–H and O–H groups in total. The number of thiophene rings is 1. The zero-order chi connectivity index (χ0) is 17.4. The minimum atomic E-state index is 0.0150. The standard InChI is InChI=1S/C18H16N4OS2/c1-21(10-12-9-19-22(2)11-12)18(23)16-8-7-15(24-16)17-20-13-5-3-4-6-14(13)25-17/h3-9,11H,10H2,1-2H3. The molecule has 0 fully saturated rings. The maximum absolute atomic E-state index is 12.7. The number of carbonyl (C=O) groups excluding carboxylic acids is 1. The first kappa shape index (κ1) is 16.0. The zero-order valence-corrected chi connectivity index (χ0v) is 15.5. The number of thiazole rings is 1. The summed E-state index contributed by atoms with van der Waals surface area (Å²) in [7, 11) is 3.68. The molecular weight excluding hydrogens is 352 g/mol. The van der Waals surface area contributed by atoms with E-state index in [1.807, 2.05) is 50.6 Å². The number of rotatable bonds is 4. The van der Waals surface area contributed by atoms with Gasteiger partial charge in [-0.05, 0) is 24.3 Å². The fourth-order valence-corrected chi connectivity index (χ4v) is 4.65. The van der Waals surface area contributed by atoms with Gasteiger partial charge >= 0.3 is 0 Å². The van der Waals surface area contributed by atoms with Gasteiger partial charge in [-0.1, -0.05) is 12.1 Å². The summed E-state index contributed by atoms with van der Waals surface area (Å²) in [5, 5.41) is 5.10. The van der Waals surface area contributed by atoms with Gasteiger partial charge in [0.15, 0.2) is 0 Å². The molecule has 1 amide bonds. The van der Waals surface area contributed by atoms with E-state index in [4.69, 9.17) is 0 Å². The highest BCUT2D eigenvalue weighted by molar-refractivity contribution is 7.26. The number of amides is 1. The highest BCUT2D eigenvalue weighted by atomic mass is 32.1. The van der Waals surface area contributed by atoms with Crippen molar-refractivity contribution in [3.63, 3.8) is 0 Å². The second-order valence-corrected chi connectivity index (χ2v) is 7.95. The molecule has 0 aliphatic rings. The first-order valence-corrected chi connectivity index (χ1v) is 9.42. The van der Waals surface area contributed by atoms with E-state index < -0.39 is 0 Å². The molecule has 4 rings (SSSR count). The molecule has 5 nitrogen and oxygen atoms in total. The molecule has 0 saturated heterocycles. The molecule has 3 aromatic heterocycles. The second-order valence-electron chi connectivity index (χ2n) is 5.83. The summed E-state index contributed by atoms with van der Waals surface area (Å²) in [6, 6.07) is 11.9. The number of aryl methyl sites for hydroxylation is 1. The quantitative estimate of drug-likeness (QED) is 0.546. The van der Waals surface area contributed by atoms with Crippen molar-refractivity contribution in [2.75, 3.05) is 7.05 Å². The molecule has 0 aliphatic heterocycles. The Hall–Kier alpha value is -2.51. The number of carbonyl (C=O) groups is 1. The number of para-hydroxylation sites is 1. The van der Waals surface area contributed by atoms with Crippen molar-refractivity contribution in [3.8, 4) is 9.88 Å². The molecule has 126 valence electrons. The van der Waals surface area contributed by atoms with Crippen LogP contribution >= 0.6 is 22.7 Å². The second kappa shape index (κ2) is 6.42. The van der Waals surface area contributed by atoms with Gasteiger partial charge in [0.05, 0.1) is 26.2 Å². The Morgan fingerprint density at radius 2 is 2.04 bits per heavy atom. The topological polar surface area (TPSA) is 51.0 Å². The van der Waals surface area contributed by atoms with Gasteiger partial charge in [-0.3, -0.25) is 9.48 Å². The molecule has 0 unspecified atom stereocenters. The van der Waals surface area contributed by atoms with Gasteiger partial charge in [0.25, 0.3) is 5.91 Å². The third-order valence-electron chi connectivity index (χ3n) is 3.85. The van der Waals surface area contributed by atoms with Crippen molar-refractivity contribution in [3.05, 3.63) is 59.2 Å². The lowest BCUT2D eigenvalue weighted by molar-refractivity contribution is 0.0790. The molecule has 0 atom stereocenters. The SMILES string of the molecule is CN(Cc1cnn(C)c1)C(=O)c1ccc(-c2nc3ccccc3s2)s1. The molecule has 3 heterocycles. The molecule has 1 aromatic carbocycles. The van der Waals surface area contributed by atoms with E-state index in [1.165, 1.54) is 11.3 Å². The Morgan fingerprint density at radius 3 is 2.80 bits per heavy atom. The van der Waals surface area contributed by atoms with Gasteiger partial charge in [-0.15, -0.1) is 22.7 Å². The van der Waals surface area contributed by atoms with Crippen LogP contribution in [0.2, 0.25) is 0 Å². The Balaban J connectivity index is 1.54.